The Morgan fingerprint density at radius 1 is 0.946 bits per heavy atom. The second-order valence-corrected chi connectivity index (χ2v) is 9.06. The van der Waals surface area contributed by atoms with Crippen molar-refractivity contribution in [2.45, 2.75) is 22.1 Å². The summed E-state index contributed by atoms with van der Waals surface area (Å²) >= 11 is 0.492. The standard InChI is InChI=1S/C24H22F6N2O4S/c1-36-16-4-2-3-5-17(16)37-18-8-6-15(21(23(25,26)27)22(18)24(28,29)30)7-9-19(33)32-12-10-31(11-13-32)14-20(34)35/h2-9H,10-14H2,1H3,(H,34,35). The van der Waals surface area contributed by atoms with Crippen molar-refractivity contribution in [1.82, 2.24) is 9.80 Å². The van der Waals surface area contributed by atoms with Crippen molar-refractivity contribution in [2.24, 2.45) is 0 Å². The Hall–Kier alpha value is -3.19. The number of halogens is 6. The number of hydrogen-bond donors (Lipinski definition) is 1. The minimum absolute atomic E-state index is 0.130. The maximum Gasteiger partial charge on any atom is 0.418 e. The van der Waals surface area contributed by atoms with Crippen molar-refractivity contribution in [3.63, 3.8) is 0 Å². The number of rotatable bonds is 7. The molecule has 0 unspecified atom stereocenters. The SMILES string of the molecule is COc1ccccc1Sc1ccc(C=CC(=O)N2CCN(CC(=O)O)CC2)c(C(F)(F)F)c1C(F)(F)F. The molecule has 1 amide bonds. The van der Waals surface area contributed by atoms with Gasteiger partial charge in [0.05, 0.1) is 29.7 Å². The number of carboxylic acids is 1. The number of carbonyl (C=O) groups excluding carboxylic acids is 1. The van der Waals surface area contributed by atoms with Gasteiger partial charge in [0, 0.05) is 37.2 Å². The van der Waals surface area contributed by atoms with Gasteiger partial charge in [0.2, 0.25) is 5.91 Å². The summed E-state index contributed by atoms with van der Waals surface area (Å²) < 4.78 is 89.2. The first kappa shape index (κ1) is 28.4. The molecule has 0 atom stereocenters. The third-order valence-electron chi connectivity index (χ3n) is 5.50. The molecule has 3 rings (SSSR count). The number of methoxy groups -OCH3 is 1. The monoisotopic (exact) mass is 548 g/mol. The van der Waals surface area contributed by atoms with Gasteiger partial charge in [0.1, 0.15) is 5.75 Å². The first-order valence-corrected chi connectivity index (χ1v) is 11.7. The van der Waals surface area contributed by atoms with Gasteiger partial charge in [0.25, 0.3) is 0 Å². The number of benzene rings is 2. The summed E-state index contributed by atoms with van der Waals surface area (Å²) in [5.74, 6) is -1.52. The number of ether oxygens (including phenoxy) is 1. The van der Waals surface area contributed by atoms with E-state index in [9.17, 15) is 35.9 Å². The highest BCUT2D eigenvalue weighted by molar-refractivity contribution is 7.99. The normalized spacial score (nSPS) is 15.3. The lowest BCUT2D eigenvalue weighted by molar-refractivity contribution is -0.163. The van der Waals surface area contributed by atoms with Crippen molar-refractivity contribution >= 4 is 29.7 Å². The lowest BCUT2D eigenvalue weighted by Gasteiger charge is -2.33. The van der Waals surface area contributed by atoms with Crippen LogP contribution >= 0.6 is 11.8 Å². The molecule has 6 nitrogen and oxygen atoms in total. The highest BCUT2D eigenvalue weighted by atomic mass is 32.2. The van der Waals surface area contributed by atoms with Crippen LogP contribution in [-0.4, -0.2) is 66.6 Å². The van der Waals surface area contributed by atoms with Gasteiger partial charge in [-0.25, -0.2) is 0 Å². The Bertz CT molecular complexity index is 1170. The van der Waals surface area contributed by atoms with Gasteiger partial charge in [-0.3, -0.25) is 14.5 Å². The second-order valence-electron chi connectivity index (χ2n) is 7.98. The van der Waals surface area contributed by atoms with Crippen molar-refractivity contribution < 1.29 is 45.8 Å². The number of amides is 1. The number of piperazine rings is 1. The predicted octanol–water partition coefficient (Wildman–Crippen LogP) is 5.13. The maximum atomic E-state index is 14.0. The zero-order chi connectivity index (χ0) is 27.4. The predicted molar refractivity (Wildman–Crippen MR) is 123 cm³/mol. The van der Waals surface area contributed by atoms with Crippen LogP contribution in [0.15, 0.2) is 52.3 Å². The van der Waals surface area contributed by atoms with Crippen molar-refractivity contribution in [3.8, 4) is 5.75 Å². The fourth-order valence-electron chi connectivity index (χ4n) is 3.82. The lowest BCUT2D eigenvalue weighted by atomic mass is 9.99. The third kappa shape index (κ3) is 7.19. The van der Waals surface area contributed by atoms with Gasteiger partial charge in [-0.15, -0.1) is 0 Å². The summed E-state index contributed by atoms with van der Waals surface area (Å²) in [5, 5.41) is 8.84. The number of para-hydroxylation sites is 1. The van der Waals surface area contributed by atoms with E-state index >= 15 is 0 Å². The number of hydrogen-bond acceptors (Lipinski definition) is 5. The van der Waals surface area contributed by atoms with E-state index in [1.165, 1.54) is 30.2 Å². The minimum atomic E-state index is -5.37. The van der Waals surface area contributed by atoms with Gasteiger partial charge < -0.3 is 14.7 Å². The Morgan fingerprint density at radius 2 is 1.57 bits per heavy atom. The molecule has 0 radical (unpaired) electrons. The van der Waals surface area contributed by atoms with Crippen LogP contribution in [0.4, 0.5) is 26.3 Å². The van der Waals surface area contributed by atoms with Gasteiger partial charge in [-0.05, 0) is 29.8 Å². The molecule has 1 fully saturated rings. The van der Waals surface area contributed by atoms with Crippen LogP contribution in [0.5, 0.6) is 5.75 Å². The van der Waals surface area contributed by atoms with Crippen LogP contribution < -0.4 is 4.74 Å². The van der Waals surface area contributed by atoms with Gasteiger partial charge in [-0.1, -0.05) is 30.0 Å². The van der Waals surface area contributed by atoms with E-state index in [-0.39, 0.29) is 43.4 Å². The third-order valence-corrected chi connectivity index (χ3v) is 6.62. The molecule has 1 aliphatic heterocycles. The van der Waals surface area contributed by atoms with E-state index in [1.807, 2.05) is 0 Å². The Balaban J connectivity index is 1.95. The average Bonchev–Trinajstić information content (AvgIpc) is 2.81. The zero-order valence-corrected chi connectivity index (χ0v) is 20.2. The molecule has 0 saturated carbocycles. The molecule has 13 heteroatoms. The number of alkyl halides is 6. The molecule has 0 aliphatic carbocycles. The van der Waals surface area contributed by atoms with Crippen LogP contribution in [0.3, 0.4) is 0 Å². The Labute approximate surface area is 212 Å². The molecule has 1 heterocycles. The molecule has 1 saturated heterocycles. The van der Waals surface area contributed by atoms with Crippen LogP contribution in [0.2, 0.25) is 0 Å². The van der Waals surface area contributed by atoms with E-state index in [1.54, 1.807) is 11.0 Å². The van der Waals surface area contributed by atoms with Crippen molar-refractivity contribution in [1.29, 1.82) is 0 Å². The Morgan fingerprint density at radius 3 is 2.14 bits per heavy atom. The first-order valence-electron chi connectivity index (χ1n) is 10.8. The summed E-state index contributed by atoms with van der Waals surface area (Å²) in [7, 11) is 1.29. The molecule has 37 heavy (non-hydrogen) atoms. The molecule has 2 aromatic carbocycles. The number of aliphatic carboxylic acids is 1. The van der Waals surface area contributed by atoms with E-state index in [0.717, 1.165) is 24.3 Å². The smallest absolute Gasteiger partial charge is 0.418 e. The van der Waals surface area contributed by atoms with Gasteiger partial charge in [0.15, 0.2) is 0 Å². The molecule has 200 valence electrons. The van der Waals surface area contributed by atoms with Crippen molar-refractivity contribution in [3.05, 3.63) is 59.2 Å². The maximum absolute atomic E-state index is 14.0. The van der Waals surface area contributed by atoms with Gasteiger partial charge >= 0.3 is 18.3 Å². The fraction of sp³-hybridized carbons (Fsp3) is 0.333. The molecule has 1 N–H and O–H groups in total. The highest BCUT2D eigenvalue weighted by Crippen LogP contribution is 2.49. The molecule has 0 aromatic heterocycles. The Kier molecular flexibility index (Phi) is 8.80. The quantitative estimate of drug-likeness (QED) is 0.383. The second kappa shape index (κ2) is 11.5. The highest BCUT2D eigenvalue weighted by Gasteiger charge is 2.46. The summed E-state index contributed by atoms with van der Waals surface area (Å²) in [4.78, 5) is 25.7. The van der Waals surface area contributed by atoms with E-state index in [4.69, 9.17) is 9.84 Å². The average molecular weight is 549 g/mol. The van der Waals surface area contributed by atoms with Crippen molar-refractivity contribution in [2.75, 3.05) is 39.8 Å². The van der Waals surface area contributed by atoms with Crippen LogP contribution in [-0.2, 0) is 21.9 Å². The molecule has 2 aromatic rings. The largest absolute Gasteiger partial charge is 0.496 e. The summed E-state index contributed by atoms with van der Waals surface area (Å²) in [6, 6.07) is 7.83. The topological polar surface area (TPSA) is 70.1 Å². The summed E-state index contributed by atoms with van der Waals surface area (Å²) in [5.41, 5.74) is -4.55. The first-order chi connectivity index (χ1) is 17.3. The minimum Gasteiger partial charge on any atom is -0.496 e. The van der Waals surface area contributed by atoms with Crippen LogP contribution in [0.25, 0.3) is 6.08 Å². The molecule has 1 aliphatic rings. The van der Waals surface area contributed by atoms with E-state index in [0.29, 0.717) is 11.8 Å². The molecular weight excluding hydrogens is 526 g/mol. The van der Waals surface area contributed by atoms with E-state index in [2.05, 4.69) is 0 Å². The number of carboxylic acid groups (broad SMARTS) is 1. The number of carbonyl (C=O) groups is 2. The summed E-state index contributed by atoms with van der Waals surface area (Å²) in [6.45, 7) is 0.529. The summed E-state index contributed by atoms with van der Waals surface area (Å²) in [6.07, 6.45) is -9.19. The number of nitrogens with zero attached hydrogens (tertiary/aromatic N) is 2. The molecule has 0 spiro atoms. The lowest BCUT2D eigenvalue weighted by Crippen LogP contribution is -2.49. The molecular formula is C24H22F6N2O4S. The van der Waals surface area contributed by atoms with Gasteiger partial charge in [-0.2, -0.15) is 26.3 Å². The fourth-order valence-corrected chi connectivity index (χ4v) is 4.91. The molecule has 0 bridgehead atoms. The van der Waals surface area contributed by atoms with Crippen LogP contribution in [0.1, 0.15) is 16.7 Å². The van der Waals surface area contributed by atoms with Crippen LogP contribution in [0, 0.1) is 0 Å². The zero-order valence-electron chi connectivity index (χ0n) is 19.4. The van der Waals surface area contributed by atoms with E-state index < -0.39 is 45.8 Å².